The topological polar surface area (TPSA) is 6.48 Å². The summed E-state index contributed by atoms with van der Waals surface area (Å²) in [6.45, 7) is 12.7. The second-order valence-corrected chi connectivity index (χ2v) is 4.68. The van der Waals surface area contributed by atoms with Crippen LogP contribution in [0.1, 0.15) is 59.8 Å². The molecule has 0 aliphatic rings. The fraction of sp³-hybridized carbons (Fsp3) is 1.00. The third-order valence-electron chi connectivity index (χ3n) is 3.45. The van der Waals surface area contributed by atoms with Gasteiger partial charge in [-0.05, 0) is 39.5 Å². The normalized spacial score (nSPS) is 13.7. The summed E-state index contributed by atoms with van der Waals surface area (Å²) in [6.07, 6.45) is 7.25. The van der Waals surface area contributed by atoms with Crippen LogP contribution in [0, 0.1) is 0 Å². The lowest BCUT2D eigenvalue weighted by molar-refractivity contribution is 0.0588. The molecule has 0 spiro atoms. The van der Waals surface area contributed by atoms with Crippen molar-refractivity contribution in [1.82, 2.24) is 9.80 Å². The average Bonchev–Trinajstić information content (AvgIpc) is 2.32. The Balaban J connectivity index is 4.29. The lowest BCUT2D eigenvalue weighted by Gasteiger charge is -2.37. The van der Waals surface area contributed by atoms with Crippen molar-refractivity contribution in [3.05, 3.63) is 0 Å². The van der Waals surface area contributed by atoms with Crippen molar-refractivity contribution < 1.29 is 0 Å². The zero-order valence-electron chi connectivity index (χ0n) is 12.1. The Hall–Kier alpha value is -0.0800. The van der Waals surface area contributed by atoms with Gasteiger partial charge in [0.1, 0.15) is 0 Å². The summed E-state index contributed by atoms with van der Waals surface area (Å²) in [5.41, 5.74) is 0. The van der Waals surface area contributed by atoms with Gasteiger partial charge in [0.15, 0.2) is 0 Å². The fourth-order valence-corrected chi connectivity index (χ4v) is 2.16. The minimum Gasteiger partial charge on any atom is -0.291 e. The van der Waals surface area contributed by atoms with Crippen molar-refractivity contribution >= 4 is 0 Å². The van der Waals surface area contributed by atoms with Gasteiger partial charge in [-0.15, -0.1) is 0 Å². The summed E-state index contributed by atoms with van der Waals surface area (Å²) >= 11 is 0. The van der Waals surface area contributed by atoms with Gasteiger partial charge in [0.2, 0.25) is 0 Å². The monoisotopic (exact) mass is 228 g/mol. The molecule has 0 saturated carbocycles. The highest BCUT2D eigenvalue weighted by Gasteiger charge is 2.19. The van der Waals surface area contributed by atoms with Gasteiger partial charge in [0.25, 0.3) is 0 Å². The molecule has 0 fully saturated rings. The van der Waals surface area contributed by atoms with Crippen LogP contribution in [-0.4, -0.2) is 42.6 Å². The van der Waals surface area contributed by atoms with E-state index in [-0.39, 0.29) is 0 Å². The molecule has 0 aromatic carbocycles. The minimum atomic E-state index is 0.654. The van der Waals surface area contributed by atoms with Gasteiger partial charge in [-0.2, -0.15) is 0 Å². The van der Waals surface area contributed by atoms with Gasteiger partial charge < -0.3 is 0 Å². The van der Waals surface area contributed by atoms with Gasteiger partial charge in [-0.1, -0.05) is 47.0 Å². The molecule has 0 aromatic rings. The largest absolute Gasteiger partial charge is 0.291 e. The maximum atomic E-state index is 2.64. The maximum Gasteiger partial charge on any atom is 0.0619 e. The molecule has 2 heteroatoms. The van der Waals surface area contributed by atoms with Gasteiger partial charge >= 0.3 is 0 Å². The Labute approximate surface area is 103 Å². The van der Waals surface area contributed by atoms with Crippen LogP contribution in [0.15, 0.2) is 0 Å². The van der Waals surface area contributed by atoms with Crippen molar-refractivity contribution in [3.8, 4) is 0 Å². The van der Waals surface area contributed by atoms with Crippen molar-refractivity contribution in [3.63, 3.8) is 0 Å². The van der Waals surface area contributed by atoms with Crippen LogP contribution in [-0.2, 0) is 0 Å². The average molecular weight is 228 g/mol. The van der Waals surface area contributed by atoms with Gasteiger partial charge in [-0.25, -0.2) is 0 Å². The van der Waals surface area contributed by atoms with Crippen LogP contribution >= 0.6 is 0 Å². The summed E-state index contributed by atoms with van der Waals surface area (Å²) in [5, 5.41) is 0. The molecule has 0 bridgehead atoms. The molecule has 1 unspecified atom stereocenters. The lowest BCUT2D eigenvalue weighted by Crippen LogP contribution is -2.46. The van der Waals surface area contributed by atoms with Crippen LogP contribution in [0.3, 0.4) is 0 Å². The molecule has 0 heterocycles. The molecular weight excluding hydrogens is 196 g/mol. The number of hydrogen-bond donors (Lipinski definition) is 0. The second-order valence-electron chi connectivity index (χ2n) is 4.68. The predicted octanol–water partition coefficient (Wildman–Crippen LogP) is 3.58. The summed E-state index contributed by atoms with van der Waals surface area (Å²) in [4.78, 5) is 5.14. The number of hydrogen-bond acceptors (Lipinski definition) is 2. The molecule has 0 rings (SSSR count). The Morgan fingerprint density at radius 2 is 1.50 bits per heavy atom. The van der Waals surface area contributed by atoms with Crippen molar-refractivity contribution in [1.29, 1.82) is 0 Å². The Kier molecular flexibility index (Phi) is 10.0. The summed E-state index contributed by atoms with van der Waals surface area (Å²) in [5.74, 6) is 0. The first-order valence-corrected chi connectivity index (χ1v) is 7.15. The van der Waals surface area contributed by atoms with Crippen molar-refractivity contribution in [2.24, 2.45) is 0 Å². The highest BCUT2D eigenvalue weighted by molar-refractivity contribution is 4.70. The van der Waals surface area contributed by atoms with E-state index >= 15 is 0 Å². The van der Waals surface area contributed by atoms with E-state index in [4.69, 9.17) is 0 Å². The fourth-order valence-electron chi connectivity index (χ4n) is 2.16. The van der Waals surface area contributed by atoms with E-state index in [1.165, 1.54) is 45.2 Å². The highest BCUT2D eigenvalue weighted by atomic mass is 15.3. The quantitative estimate of drug-likeness (QED) is 0.527. The van der Waals surface area contributed by atoms with Gasteiger partial charge in [0, 0.05) is 0 Å². The van der Waals surface area contributed by atoms with E-state index in [0.29, 0.717) is 6.17 Å². The summed E-state index contributed by atoms with van der Waals surface area (Å²) in [7, 11) is 2.26. The predicted molar refractivity (Wildman–Crippen MR) is 73.8 cm³/mol. The molecule has 16 heavy (non-hydrogen) atoms. The van der Waals surface area contributed by atoms with E-state index < -0.39 is 0 Å². The molecule has 0 aliphatic carbocycles. The molecule has 1 atom stereocenters. The zero-order chi connectivity index (χ0) is 12.4. The van der Waals surface area contributed by atoms with Crippen LogP contribution in [0.5, 0.6) is 0 Å². The third kappa shape index (κ3) is 5.86. The van der Waals surface area contributed by atoms with Crippen molar-refractivity contribution in [2.45, 2.75) is 66.0 Å². The standard InChI is InChI=1S/C14H32N2/c1-6-10-12-14(15(5)8-3)16(9-4)13-11-7-2/h14H,6-13H2,1-5H3. The van der Waals surface area contributed by atoms with E-state index in [1.54, 1.807) is 0 Å². The van der Waals surface area contributed by atoms with E-state index in [9.17, 15) is 0 Å². The molecule has 0 amide bonds. The SMILES string of the molecule is CCCCC(N(C)CC)N(CC)CCCC. The highest BCUT2D eigenvalue weighted by Crippen LogP contribution is 2.13. The summed E-state index contributed by atoms with van der Waals surface area (Å²) < 4.78 is 0. The lowest BCUT2D eigenvalue weighted by atomic mass is 10.1. The number of unbranched alkanes of at least 4 members (excludes halogenated alkanes) is 2. The molecular formula is C14H32N2. The van der Waals surface area contributed by atoms with Crippen LogP contribution < -0.4 is 0 Å². The molecule has 0 aromatic heterocycles. The van der Waals surface area contributed by atoms with Crippen molar-refractivity contribution in [2.75, 3.05) is 26.7 Å². The first-order chi connectivity index (χ1) is 7.71. The number of rotatable bonds is 10. The first-order valence-electron chi connectivity index (χ1n) is 7.15. The van der Waals surface area contributed by atoms with Gasteiger partial charge in [-0.3, -0.25) is 9.80 Å². The third-order valence-corrected chi connectivity index (χ3v) is 3.45. The maximum absolute atomic E-state index is 2.64. The second kappa shape index (κ2) is 10.1. The minimum absolute atomic E-state index is 0.654. The van der Waals surface area contributed by atoms with E-state index in [1.807, 2.05) is 0 Å². The van der Waals surface area contributed by atoms with E-state index in [0.717, 1.165) is 6.54 Å². The molecule has 0 radical (unpaired) electrons. The van der Waals surface area contributed by atoms with Crippen LogP contribution in [0.25, 0.3) is 0 Å². The van der Waals surface area contributed by atoms with E-state index in [2.05, 4.69) is 44.5 Å². The Morgan fingerprint density at radius 3 is 1.94 bits per heavy atom. The van der Waals surface area contributed by atoms with Crippen LogP contribution in [0.4, 0.5) is 0 Å². The summed E-state index contributed by atoms with van der Waals surface area (Å²) in [6, 6.07) is 0. The number of nitrogens with zero attached hydrogens (tertiary/aromatic N) is 2. The van der Waals surface area contributed by atoms with Crippen LogP contribution in [0.2, 0.25) is 0 Å². The smallest absolute Gasteiger partial charge is 0.0619 e. The Bertz CT molecular complexity index is 148. The first kappa shape index (κ1) is 15.9. The molecule has 0 aliphatic heterocycles. The molecule has 2 nitrogen and oxygen atoms in total. The molecule has 0 N–H and O–H groups in total. The Morgan fingerprint density at radius 1 is 0.875 bits per heavy atom. The molecule has 98 valence electrons. The zero-order valence-corrected chi connectivity index (χ0v) is 12.1. The molecule has 0 saturated heterocycles. The van der Waals surface area contributed by atoms with Gasteiger partial charge in [0.05, 0.1) is 6.17 Å².